The van der Waals surface area contributed by atoms with Crippen LogP contribution in [0.2, 0.25) is 0 Å². The van der Waals surface area contributed by atoms with Gasteiger partial charge >= 0.3 is 7.12 Å². The molecule has 0 bridgehead atoms. The van der Waals surface area contributed by atoms with Crippen LogP contribution in [-0.2, 0) is 13.1 Å². The summed E-state index contributed by atoms with van der Waals surface area (Å²) in [6.07, 6.45) is 11.6. The maximum atomic E-state index is 8.79. The smallest absolute Gasteiger partial charge is 0.465 e. The highest BCUT2D eigenvalue weighted by Gasteiger charge is 2.17. The lowest BCUT2D eigenvalue weighted by Crippen LogP contribution is -2.34. The topological polar surface area (TPSA) is 152 Å². The molecular formula is C54H42BBrN6O4+2. The van der Waals surface area contributed by atoms with Crippen LogP contribution in [0.15, 0.2) is 208 Å². The van der Waals surface area contributed by atoms with Crippen LogP contribution in [0.4, 0.5) is 11.4 Å². The van der Waals surface area contributed by atoms with Gasteiger partial charge in [-0.2, -0.15) is 9.13 Å². The molecule has 12 heteroatoms. The van der Waals surface area contributed by atoms with Gasteiger partial charge in [0, 0.05) is 91.8 Å². The summed E-state index contributed by atoms with van der Waals surface area (Å²) in [6.45, 7) is 1.55. The van der Waals surface area contributed by atoms with Crippen LogP contribution in [0.25, 0.3) is 76.6 Å². The second kappa shape index (κ2) is 18.3. The molecule has 6 heterocycles. The van der Waals surface area contributed by atoms with Crippen molar-refractivity contribution in [1.82, 2.24) is 9.97 Å². The van der Waals surface area contributed by atoms with Crippen molar-refractivity contribution in [3.05, 3.63) is 211 Å². The number of pyridine rings is 4. The molecule has 0 aliphatic rings. The molecule has 66 heavy (non-hydrogen) atoms. The number of fused-ring (bicyclic) bond motifs is 6. The van der Waals surface area contributed by atoms with Gasteiger partial charge in [-0.05, 0) is 75.2 Å². The lowest BCUT2D eigenvalue weighted by Gasteiger charge is -2.07. The molecule has 12 rings (SSSR count). The Hall–Kier alpha value is -7.90. The van der Waals surface area contributed by atoms with Crippen LogP contribution >= 0.6 is 15.9 Å². The Labute approximate surface area is 387 Å². The van der Waals surface area contributed by atoms with E-state index >= 15 is 0 Å². The Morgan fingerprint density at radius 1 is 0.500 bits per heavy atom. The molecule has 0 atom stereocenters. The van der Waals surface area contributed by atoms with Crippen molar-refractivity contribution in [2.45, 2.75) is 13.1 Å². The number of aromatic nitrogens is 4. The van der Waals surface area contributed by atoms with Gasteiger partial charge in [0.25, 0.3) is 0 Å². The number of nitrogens with zero attached hydrogens (tertiary/aromatic N) is 4. The summed E-state index contributed by atoms with van der Waals surface area (Å²) >= 11 is 3.58. The summed E-state index contributed by atoms with van der Waals surface area (Å²) in [6, 6.07) is 52.5. The van der Waals surface area contributed by atoms with Crippen molar-refractivity contribution in [2.24, 2.45) is 0 Å². The van der Waals surface area contributed by atoms with Crippen LogP contribution in [0, 0.1) is 0 Å². The molecule has 320 valence electrons. The SMILES string of the molecule is Nc1cc[n+](Cc2ccc3cncc(-c4cc5ccccc5o4)c3c2)c2ccccc12.Nc1cc[n+](Cc2ccc3cncc(Br)c3c2)c2ccccc12.OB(O)c1cc2ccccc2o1. The molecule has 0 radical (unpaired) electrons. The van der Waals surface area contributed by atoms with Crippen molar-refractivity contribution < 1.29 is 28.0 Å². The summed E-state index contributed by atoms with van der Waals surface area (Å²) in [5.74, 6) is 0.835. The minimum Gasteiger partial charge on any atom is -0.465 e. The Morgan fingerprint density at radius 3 is 1.61 bits per heavy atom. The van der Waals surface area contributed by atoms with Gasteiger partial charge < -0.3 is 30.3 Å². The van der Waals surface area contributed by atoms with E-state index in [9.17, 15) is 0 Å². The average Bonchev–Trinajstić information content (AvgIpc) is 4.00. The zero-order valence-electron chi connectivity index (χ0n) is 35.5. The molecule has 6 N–H and O–H groups in total. The number of benzene rings is 6. The van der Waals surface area contributed by atoms with E-state index in [-0.39, 0.29) is 5.66 Å². The Bertz CT molecular complexity index is 3660. The van der Waals surface area contributed by atoms with Gasteiger partial charge in [0.2, 0.25) is 11.0 Å². The van der Waals surface area contributed by atoms with E-state index in [1.165, 1.54) is 16.5 Å². The van der Waals surface area contributed by atoms with E-state index < -0.39 is 7.12 Å². The van der Waals surface area contributed by atoms with Gasteiger partial charge in [-0.25, -0.2) is 0 Å². The van der Waals surface area contributed by atoms with Crippen molar-refractivity contribution in [3.63, 3.8) is 0 Å². The van der Waals surface area contributed by atoms with E-state index in [0.717, 1.165) is 94.6 Å². The van der Waals surface area contributed by atoms with Crippen LogP contribution in [0.3, 0.4) is 0 Å². The predicted octanol–water partition coefficient (Wildman–Crippen LogP) is 9.90. The summed E-state index contributed by atoms with van der Waals surface area (Å²) in [4.78, 5) is 8.66. The fourth-order valence-corrected chi connectivity index (χ4v) is 8.77. The molecule has 0 aliphatic heterocycles. The predicted molar refractivity (Wildman–Crippen MR) is 268 cm³/mol. The number of rotatable bonds is 6. The van der Waals surface area contributed by atoms with Crippen LogP contribution < -0.4 is 26.3 Å². The average molecular weight is 930 g/mol. The summed E-state index contributed by atoms with van der Waals surface area (Å²) in [7, 11) is -1.53. The molecule has 10 nitrogen and oxygen atoms in total. The third-order valence-corrected chi connectivity index (χ3v) is 12.2. The molecule has 0 unspecified atom stereocenters. The quantitative estimate of drug-likeness (QED) is 0.0951. The minimum absolute atomic E-state index is 0.177. The molecule has 0 spiro atoms. The number of furan rings is 2. The largest absolute Gasteiger partial charge is 0.526 e. The monoisotopic (exact) mass is 928 g/mol. The fourth-order valence-electron chi connectivity index (χ4n) is 8.31. The fraction of sp³-hybridized carbons (Fsp3) is 0.0370. The molecule has 12 aromatic rings. The van der Waals surface area contributed by atoms with E-state index in [0.29, 0.717) is 5.58 Å². The Kier molecular flexibility index (Phi) is 11.7. The molecule has 0 saturated heterocycles. The van der Waals surface area contributed by atoms with Crippen molar-refractivity contribution in [1.29, 1.82) is 0 Å². The molecule has 6 aromatic heterocycles. The number of hydrogen-bond acceptors (Lipinski definition) is 8. The van der Waals surface area contributed by atoms with Gasteiger partial charge in [-0.3, -0.25) is 9.97 Å². The summed E-state index contributed by atoms with van der Waals surface area (Å²) in [5, 5.41) is 26.2. The first-order valence-electron chi connectivity index (χ1n) is 21.3. The van der Waals surface area contributed by atoms with Crippen LogP contribution in [0.5, 0.6) is 0 Å². The Morgan fingerprint density at radius 2 is 1.02 bits per heavy atom. The number of nitrogens with two attached hydrogens (primary N) is 2. The zero-order valence-corrected chi connectivity index (χ0v) is 37.1. The third-order valence-electron chi connectivity index (χ3n) is 11.6. The highest BCUT2D eigenvalue weighted by Crippen LogP contribution is 2.33. The molecular weight excluding hydrogens is 887 g/mol. The lowest BCUT2D eigenvalue weighted by molar-refractivity contribution is -0.662. The number of nitrogen functional groups attached to an aromatic ring is 2. The second-order valence-corrected chi connectivity index (χ2v) is 16.8. The molecule has 0 saturated carbocycles. The van der Waals surface area contributed by atoms with Crippen molar-refractivity contribution in [3.8, 4) is 11.3 Å². The van der Waals surface area contributed by atoms with Gasteiger partial charge in [0.1, 0.15) is 22.6 Å². The van der Waals surface area contributed by atoms with Gasteiger partial charge in [-0.15, -0.1) is 0 Å². The van der Waals surface area contributed by atoms with Crippen LogP contribution in [-0.4, -0.2) is 27.1 Å². The minimum atomic E-state index is -1.53. The van der Waals surface area contributed by atoms with Crippen molar-refractivity contribution in [2.75, 3.05) is 11.5 Å². The number of anilines is 2. The lowest BCUT2D eigenvalue weighted by atomic mass is 9.88. The third kappa shape index (κ3) is 8.68. The maximum Gasteiger partial charge on any atom is 0.526 e. The first-order chi connectivity index (χ1) is 32.3. The highest BCUT2D eigenvalue weighted by molar-refractivity contribution is 9.10. The van der Waals surface area contributed by atoms with Gasteiger partial charge in [0.05, 0.1) is 22.1 Å². The number of halogens is 1. The van der Waals surface area contributed by atoms with Gasteiger partial charge in [0.15, 0.2) is 25.5 Å². The Balaban J connectivity index is 0.000000128. The van der Waals surface area contributed by atoms with E-state index in [1.54, 1.807) is 12.1 Å². The summed E-state index contributed by atoms with van der Waals surface area (Å²) in [5.41, 5.74) is 21.3. The zero-order chi connectivity index (χ0) is 45.1. The standard InChI is InChI=1S/C27H19N3O.C19H14BrN3.C8H7BO3/c28-24-11-12-30(25-7-3-2-6-21(24)25)17-18-9-10-20-15-29-16-23(22(20)13-18)27-14-19-5-1-4-8-26(19)31-27;20-17-11-22-10-14-6-5-13(9-16(14)17)12-23-8-7-18(21)15-3-1-2-4-19(15)23;10-9(11)8-5-6-3-1-2-4-7(6)12-8/h1-16,28H,17H2;1-11,21H,12H2;1-5,10-11H/p+2. The first kappa shape index (κ1) is 42.1. The number of hydrogen-bond donors (Lipinski definition) is 4. The molecule has 0 fully saturated rings. The molecule has 6 aromatic carbocycles. The molecule has 0 amide bonds. The second-order valence-electron chi connectivity index (χ2n) is 16.0. The van der Waals surface area contributed by atoms with E-state index in [2.05, 4.69) is 114 Å². The highest BCUT2D eigenvalue weighted by atomic mass is 79.9. The molecule has 0 aliphatic carbocycles. The normalized spacial score (nSPS) is 11.2. The van der Waals surface area contributed by atoms with E-state index in [1.807, 2.05) is 104 Å². The summed E-state index contributed by atoms with van der Waals surface area (Å²) < 4.78 is 16.7. The van der Waals surface area contributed by atoms with Crippen molar-refractivity contribution >= 4 is 105 Å². The number of para-hydroxylation sites is 4. The van der Waals surface area contributed by atoms with E-state index in [4.69, 9.17) is 30.3 Å². The maximum absolute atomic E-state index is 8.79. The van der Waals surface area contributed by atoms with Crippen LogP contribution in [0.1, 0.15) is 11.1 Å². The first-order valence-corrected chi connectivity index (χ1v) is 22.1. The van der Waals surface area contributed by atoms with Gasteiger partial charge in [-0.1, -0.05) is 84.9 Å².